The second-order valence-electron chi connectivity index (χ2n) is 7.94. The van der Waals surface area contributed by atoms with E-state index in [4.69, 9.17) is 22.4 Å². The summed E-state index contributed by atoms with van der Waals surface area (Å²) in [5, 5.41) is 11.8. The van der Waals surface area contributed by atoms with Crippen molar-refractivity contribution in [3.63, 3.8) is 0 Å². The van der Waals surface area contributed by atoms with E-state index in [0.29, 0.717) is 38.1 Å². The highest BCUT2D eigenvalue weighted by Crippen LogP contribution is 2.18. The quantitative estimate of drug-likeness (QED) is 0.538. The molecule has 30 heavy (non-hydrogen) atoms. The number of carboxylic acids is 1. The topological polar surface area (TPSA) is 113 Å². The van der Waals surface area contributed by atoms with Crippen LogP contribution in [0, 0.1) is 5.92 Å². The molecule has 1 saturated heterocycles. The van der Waals surface area contributed by atoms with Gasteiger partial charge in [0.15, 0.2) is 0 Å². The zero-order valence-electron chi connectivity index (χ0n) is 18.0. The second kappa shape index (κ2) is 13.2. The van der Waals surface area contributed by atoms with E-state index in [1.165, 1.54) is 4.90 Å². The molecule has 0 aromatic heterocycles. The molecule has 8 heteroatoms. The number of benzene rings is 1. The Morgan fingerprint density at radius 3 is 2.37 bits per heavy atom. The minimum Gasteiger partial charge on any atom is -0.480 e. The van der Waals surface area contributed by atoms with Crippen LogP contribution in [-0.4, -0.2) is 58.3 Å². The normalized spacial score (nSPS) is 17.7. The SMILES string of the molecule is CC(C)CCl.C[C@H](NC(=O)[C@@H](N)CCc1ccccc1)C(=O)N1CCC[C@H]1C(=O)O. The van der Waals surface area contributed by atoms with Gasteiger partial charge in [-0.3, -0.25) is 9.59 Å². The summed E-state index contributed by atoms with van der Waals surface area (Å²) in [4.78, 5) is 37.1. The summed E-state index contributed by atoms with van der Waals surface area (Å²) < 4.78 is 0. The number of likely N-dealkylation sites (tertiary alicyclic amines) is 1. The average molecular weight is 440 g/mol. The molecule has 168 valence electrons. The fourth-order valence-corrected chi connectivity index (χ4v) is 3.02. The molecule has 1 aliphatic heterocycles. The summed E-state index contributed by atoms with van der Waals surface area (Å²) in [5.74, 6) is -0.364. The van der Waals surface area contributed by atoms with Crippen molar-refractivity contribution in [3.05, 3.63) is 35.9 Å². The van der Waals surface area contributed by atoms with Crippen LogP contribution in [0.4, 0.5) is 0 Å². The van der Waals surface area contributed by atoms with Gasteiger partial charge in [-0.25, -0.2) is 4.79 Å². The van der Waals surface area contributed by atoms with Gasteiger partial charge in [-0.15, -0.1) is 11.6 Å². The monoisotopic (exact) mass is 439 g/mol. The summed E-state index contributed by atoms with van der Waals surface area (Å²) in [7, 11) is 0. The van der Waals surface area contributed by atoms with E-state index in [1.54, 1.807) is 6.92 Å². The van der Waals surface area contributed by atoms with E-state index in [-0.39, 0.29) is 5.91 Å². The van der Waals surface area contributed by atoms with Gasteiger partial charge in [-0.05, 0) is 44.1 Å². The summed E-state index contributed by atoms with van der Waals surface area (Å²) in [6, 6.07) is 7.39. The highest BCUT2D eigenvalue weighted by molar-refractivity contribution is 6.18. The molecular formula is C22H34ClN3O4. The molecule has 0 unspecified atom stereocenters. The third-order valence-electron chi connectivity index (χ3n) is 4.78. The van der Waals surface area contributed by atoms with Gasteiger partial charge in [0.05, 0.1) is 6.04 Å². The largest absolute Gasteiger partial charge is 0.480 e. The van der Waals surface area contributed by atoms with Gasteiger partial charge >= 0.3 is 5.97 Å². The average Bonchev–Trinajstić information content (AvgIpc) is 3.22. The van der Waals surface area contributed by atoms with Crippen LogP contribution < -0.4 is 11.1 Å². The van der Waals surface area contributed by atoms with Crippen LogP contribution in [0.3, 0.4) is 0 Å². The molecule has 0 bridgehead atoms. The van der Waals surface area contributed by atoms with E-state index in [0.717, 1.165) is 11.4 Å². The van der Waals surface area contributed by atoms with Gasteiger partial charge in [-0.1, -0.05) is 44.2 Å². The minimum absolute atomic E-state index is 0.381. The Labute approximate surface area is 184 Å². The summed E-state index contributed by atoms with van der Waals surface area (Å²) in [6.07, 6.45) is 2.24. The van der Waals surface area contributed by atoms with Crippen LogP contribution in [0.2, 0.25) is 0 Å². The first kappa shape index (κ1) is 25.9. The van der Waals surface area contributed by atoms with Gasteiger partial charge in [0.25, 0.3) is 0 Å². The Hall–Kier alpha value is -2.12. The van der Waals surface area contributed by atoms with Crippen LogP contribution in [-0.2, 0) is 20.8 Å². The molecule has 4 N–H and O–H groups in total. The number of carboxylic acid groups (broad SMARTS) is 1. The lowest BCUT2D eigenvalue weighted by molar-refractivity contribution is -0.149. The van der Waals surface area contributed by atoms with Gasteiger partial charge in [-0.2, -0.15) is 0 Å². The molecule has 3 atom stereocenters. The Bertz CT molecular complexity index is 684. The standard InChI is InChI=1S/C18H25N3O4.C4H9Cl/c1-12(17(23)21-11-5-8-15(21)18(24)25)20-16(22)14(19)10-9-13-6-3-2-4-7-13;1-4(2)3-5/h2-4,6-7,12,14-15H,5,8-11,19H2,1H3,(H,20,22)(H,24,25);4H,3H2,1-2H3/t12-,14-,15-;/m0./s1. The zero-order chi connectivity index (χ0) is 22.7. The maximum Gasteiger partial charge on any atom is 0.326 e. The van der Waals surface area contributed by atoms with Crippen LogP contribution in [0.1, 0.15) is 45.6 Å². The number of carbonyl (C=O) groups is 3. The number of hydrogen-bond acceptors (Lipinski definition) is 4. The van der Waals surface area contributed by atoms with E-state index in [9.17, 15) is 14.4 Å². The first-order valence-electron chi connectivity index (χ1n) is 10.4. The maximum absolute atomic E-state index is 12.4. The smallest absolute Gasteiger partial charge is 0.326 e. The number of hydrogen-bond donors (Lipinski definition) is 3. The number of rotatable bonds is 8. The molecule has 1 aromatic carbocycles. The Morgan fingerprint density at radius 2 is 1.83 bits per heavy atom. The molecule has 1 heterocycles. The summed E-state index contributed by atoms with van der Waals surface area (Å²) in [5.41, 5.74) is 7.01. The van der Waals surface area contributed by atoms with E-state index >= 15 is 0 Å². The van der Waals surface area contributed by atoms with Crippen molar-refractivity contribution in [1.82, 2.24) is 10.2 Å². The van der Waals surface area contributed by atoms with Gasteiger partial charge < -0.3 is 21.1 Å². The number of carbonyl (C=O) groups excluding carboxylic acids is 2. The van der Waals surface area contributed by atoms with Crippen molar-refractivity contribution in [3.8, 4) is 0 Å². The Morgan fingerprint density at radius 1 is 1.23 bits per heavy atom. The summed E-state index contributed by atoms with van der Waals surface area (Å²) >= 11 is 5.34. The van der Waals surface area contributed by atoms with Crippen molar-refractivity contribution in [2.24, 2.45) is 11.7 Å². The fraction of sp³-hybridized carbons (Fsp3) is 0.591. The highest BCUT2D eigenvalue weighted by Gasteiger charge is 2.36. The molecule has 1 aliphatic rings. The number of amides is 2. The van der Waals surface area contributed by atoms with Crippen molar-refractivity contribution >= 4 is 29.4 Å². The number of nitrogens with one attached hydrogen (secondary N) is 1. The van der Waals surface area contributed by atoms with Crippen molar-refractivity contribution < 1.29 is 19.5 Å². The van der Waals surface area contributed by atoms with Crippen LogP contribution in [0.25, 0.3) is 0 Å². The first-order chi connectivity index (χ1) is 14.2. The van der Waals surface area contributed by atoms with Crippen molar-refractivity contribution in [1.29, 1.82) is 0 Å². The predicted octanol–water partition coefficient (Wildman–Crippen LogP) is 2.41. The lowest BCUT2D eigenvalue weighted by atomic mass is 10.1. The fourth-order valence-electron chi connectivity index (χ4n) is 3.02. The van der Waals surface area contributed by atoms with Gasteiger partial charge in [0.2, 0.25) is 11.8 Å². The van der Waals surface area contributed by atoms with Gasteiger partial charge in [0.1, 0.15) is 12.1 Å². The molecule has 0 spiro atoms. The second-order valence-corrected chi connectivity index (χ2v) is 8.25. The molecule has 2 amide bonds. The van der Waals surface area contributed by atoms with E-state index in [1.807, 2.05) is 30.3 Å². The van der Waals surface area contributed by atoms with E-state index in [2.05, 4.69) is 19.2 Å². The molecule has 1 aromatic rings. The number of aliphatic carboxylic acids is 1. The number of aryl methyl sites for hydroxylation is 1. The molecular weight excluding hydrogens is 406 g/mol. The van der Waals surface area contributed by atoms with Crippen molar-refractivity contribution in [2.75, 3.05) is 12.4 Å². The molecule has 7 nitrogen and oxygen atoms in total. The lowest BCUT2D eigenvalue weighted by Gasteiger charge is -2.26. The minimum atomic E-state index is -1.01. The molecule has 2 rings (SSSR count). The van der Waals surface area contributed by atoms with Crippen LogP contribution in [0.5, 0.6) is 0 Å². The third kappa shape index (κ3) is 8.71. The number of nitrogens with two attached hydrogens (primary N) is 1. The Kier molecular flexibility index (Phi) is 11.4. The third-order valence-corrected chi connectivity index (χ3v) is 5.40. The zero-order valence-corrected chi connectivity index (χ0v) is 18.8. The number of nitrogens with zero attached hydrogens (tertiary/aromatic N) is 1. The Balaban J connectivity index is 0.000000804. The molecule has 0 saturated carbocycles. The highest BCUT2D eigenvalue weighted by atomic mass is 35.5. The molecule has 0 radical (unpaired) electrons. The van der Waals surface area contributed by atoms with E-state index < -0.39 is 30.0 Å². The molecule has 1 fully saturated rings. The number of halogens is 1. The van der Waals surface area contributed by atoms with Crippen LogP contribution >= 0.6 is 11.6 Å². The maximum atomic E-state index is 12.4. The van der Waals surface area contributed by atoms with Gasteiger partial charge in [0, 0.05) is 12.4 Å². The summed E-state index contributed by atoms with van der Waals surface area (Å²) in [6.45, 7) is 6.14. The molecule has 0 aliphatic carbocycles. The predicted molar refractivity (Wildman–Crippen MR) is 118 cm³/mol. The number of alkyl halides is 1. The van der Waals surface area contributed by atoms with Crippen LogP contribution in [0.15, 0.2) is 30.3 Å². The lowest BCUT2D eigenvalue weighted by Crippen LogP contribution is -2.53. The van der Waals surface area contributed by atoms with Crippen molar-refractivity contribution in [2.45, 2.75) is 64.6 Å². The first-order valence-corrected chi connectivity index (χ1v) is 10.9.